The van der Waals surface area contributed by atoms with Crippen LogP contribution in [0.1, 0.15) is 43.6 Å². The smallest absolute Gasteiger partial charge is 0.197 e. The maximum atomic E-state index is 14.4. The Hall–Kier alpha value is -4.50. The van der Waals surface area contributed by atoms with E-state index in [4.69, 9.17) is 0 Å². The molecule has 7 aromatic rings. The van der Waals surface area contributed by atoms with Crippen molar-refractivity contribution in [2.24, 2.45) is 0 Å². The molecule has 3 nitrogen and oxygen atoms in total. The summed E-state index contributed by atoms with van der Waals surface area (Å²) in [4.78, 5) is 28.4. The molecule has 3 heteroatoms. The van der Waals surface area contributed by atoms with Gasteiger partial charge in [-0.2, -0.15) is 0 Å². The van der Waals surface area contributed by atoms with Crippen molar-refractivity contribution in [2.75, 3.05) is 0 Å². The Kier molecular flexibility index (Phi) is 4.90. The number of benzene rings is 5. The third kappa shape index (κ3) is 3.23. The van der Waals surface area contributed by atoms with E-state index in [2.05, 4.69) is 34.7 Å². The number of para-hydroxylation sites is 1. The largest absolute Gasteiger partial charge is 0.307 e. The molecule has 0 spiro atoms. The molecule has 0 N–H and O–H groups in total. The lowest BCUT2D eigenvalue weighted by Crippen LogP contribution is -2.15. The molecule has 5 aromatic carbocycles. The number of nitrogens with zero attached hydrogens (tertiary/aromatic N) is 1. The molecule has 0 amide bonds. The molecule has 39 heavy (non-hydrogen) atoms. The molecule has 0 atom stereocenters. The van der Waals surface area contributed by atoms with Gasteiger partial charge in [0.05, 0.1) is 21.9 Å². The van der Waals surface area contributed by atoms with Crippen molar-refractivity contribution in [1.82, 2.24) is 4.40 Å². The summed E-state index contributed by atoms with van der Waals surface area (Å²) in [5.41, 5.74) is 5.76. The van der Waals surface area contributed by atoms with Crippen LogP contribution < -0.4 is 10.9 Å². The fraction of sp³-hybridized carbons (Fsp3) is 0.167. The topological polar surface area (TPSA) is 38.5 Å². The molecule has 0 unspecified atom stereocenters. The Morgan fingerprint density at radius 2 is 1.28 bits per heavy atom. The minimum Gasteiger partial charge on any atom is -0.307 e. The zero-order valence-electron chi connectivity index (χ0n) is 21.6. The Bertz CT molecular complexity index is 2200. The van der Waals surface area contributed by atoms with Crippen molar-refractivity contribution in [2.45, 2.75) is 38.0 Å². The van der Waals surface area contributed by atoms with E-state index in [0.29, 0.717) is 33.0 Å². The maximum Gasteiger partial charge on any atom is 0.197 e. The highest BCUT2D eigenvalue weighted by Gasteiger charge is 2.22. The molecule has 0 bridgehead atoms. The Balaban J connectivity index is 1.58. The van der Waals surface area contributed by atoms with Crippen molar-refractivity contribution in [1.29, 1.82) is 0 Å². The molecule has 0 radical (unpaired) electrons. The minimum absolute atomic E-state index is 0.0153. The van der Waals surface area contributed by atoms with E-state index in [1.54, 1.807) is 0 Å². The molecular formula is C36H27NO2. The second-order valence-corrected chi connectivity index (χ2v) is 11.0. The van der Waals surface area contributed by atoms with Gasteiger partial charge in [-0.3, -0.25) is 9.59 Å². The summed E-state index contributed by atoms with van der Waals surface area (Å²) in [6.45, 7) is 0. The summed E-state index contributed by atoms with van der Waals surface area (Å²) in [6.07, 6.45) is 6.18. The summed E-state index contributed by atoms with van der Waals surface area (Å²) in [5.74, 6) is 0.510. The number of hydrogen-bond donors (Lipinski definition) is 0. The van der Waals surface area contributed by atoms with Crippen molar-refractivity contribution < 1.29 is 0 Å². The van der Waals surface area contributed by atoms with Crippen molar-refractivity contribution >= 4 is 48.9 Å². The summed E-state index contributed by atoms with van der Waals surface area (Å²) in [7, 11) is 0. The van der Waals surface area contributed by atoms with Crippen LogP contribution in [0.5, 0.6) is 0 Å². The number of pyridine rings is 2. The maximum absolute atomic E-state index is 14.4. The third-order valence-corrected chi connectivity index (χ3v) is 8.90. The Labute approximate surface area is 225 Å². The highest BCUT2D eigenvalue weighted by molar-refractivity contribution is 6.15. The highest BCUT2D eigenvalue weighted by atomic mass is 16.1. The van der Waals surface area contributed by atoms with Crippen LogP contribution >= 0.6 is 0 Å². The zero-order chi connectivity index (χ0) is 26.1. The number of aromatic nitrogens is 1. The molecule has 2 heterocycles. The SMILES string of the molecule is O=c1c2ccccc2n2c3ccc4ccccc4c3c(=O)c3cc(-c4ccccc4C4CCCCC4)cc1c32. The predicted molar refractivity (Wildman–Crippen MR) is 162 cm³/mol. The van der Waals surface area contributed by atoms with Gasteiger partial charge in [-0.1, -0.05) is 86.0 Å². The first kappa shape index (κ1) is 22.5. The van der Waals surface area contributed by atoms with Crippen molar-refractivity contribution in [3.63, 3.8) is 0 Å². The first-order valence-corrected chi connectivity index (χ1v) is 14.0. The molecule has 8 rings (SSSR count). The van der Waals surface area contributed by atoms with E-state index in [9.17, 15) is 9.59 Å². The van der Waals surface area contributed by atoms with Gasteiger partial charge in [0.15, 0.2) is 10.9 Å². The van der Waals surface area contributed by atoms with Crippen LogP contribution in [-0.4, -0.2) is 4.40 Å². The quantitative estimate of drug-likeness (QED) is 0.175. The Morgan fingerprint density at radius 3 is 2.13 bits per heavy atom. The van der Waals surface area contributed by atoms with Gasteiger partial charge in [-0.15, -0.1) is 0 Å². The lowest BCUT2D eigenvalue weighted by molar-refractivity contribution is 0.444. The summed E-state index contributed by atoms with van der Waals surface area (Å²) >= 11 is 0. The van der Waals surface area contributed by atoms with Gasteiger partial charge in [0, 0.05) is 16.2 Å². The van der Waals surface area contributed by atoms with Gasteiger partial charge in [0.1, 0.15) is 0 Å². The average molecular weight is 506 g/mol. The zero-order valence-corrected chi connectivity index (χ0v) is 21.6. The van der Waals surface area contributed by atoms with Gasteiger partial charge in [0.25, 0.3) is 0 Å². The molecule has 1 aliphatic rings. The summed E-state index contributed by atoms with van der Waals surface area (Å²) < 4.78 is 2.14. The average Bonchev–Trinajstić information content (AvgIpc) is 3.00. The van der Waals surface area contributed by atoms with Crippen molar-refractivity contribution in [3.8, 4) is 11.1 Å². The normalized spacial score (nSPS) is 14.8. The summed E-state index contributed by atoms with van der Waals surface area (Å²) in [5, 5.41) is 4.55. The highest BCUT2D eigenvalue weighted by Crippen LogP contribution is 2.40. The number of rotatable bonds is 2. The van der Waals surface area contributed by atoms with E-state index < -0.39 is 0 Å². The van der Waals surface area contributed by atoms with E-state index in [-0.39, 0.29) is 10.9 Å². The first-order chi connectivity index (χ1) is 19.2. The second kappa shape index (κ2) is 8.51. The van der Waals surface area contributed by atoms with Crippen LogP contribution in [0.4, 0.5) is 0 Å². The van der Waals surface area contributed by atoms with Crippen LogP contribution in [0.25, 0.3) is 60.0 Å². The molecule has 1 fully saturated rings. The van der Waals surface area contributed by atoms with Crippen LogP contribution in [0, 0.1) is 0 Å². The van der Waals surface area contributed by atoms with Gasteiger partial charge < -0.3 is 4.40 Å². The van der Waals surface area contributed by atoms with E-state index in [1.807, 2.05) is 66.7 Å². The van der Waals surface area contributed by atoms with Crippen LogP contribution in [0.3, 0.4) is 0 Å². The van der Waals surface area contributed by atoms with Crippen LogP contribution in [0.15, 0.2) is 107 Å². The van der Waals surface area contributed by atoms with Gasteiger partial charge in [-0.25, -0.2) is 0 Å². The fourth-order valence-electron chi connectivity index (χ4n) is 7.10. The lowest BCUT2D eigenvalue weighted by atomic mass is 9.80. The van der Waals surface area contributed by atoms with E-state index >= 15 is 0 Å². The molecular weight excluding hydrogens is 478 g/mol. The first-order valence-electron chi connectivity index (χ1n) is 14.0. The van der Waals surface area contributed by atoms with Crippen LogP contribution in [-0.2, 0) is 0 Å². The molecule has 1 saturated carbocycles. The molecule has 0 saturated heterocycles. The lowest BCUT2D eigenvalue weighted by Gasteiger charge is -2.25. The van der Waals surface area contributed by atoms with E-state index in [1.165, 1.54) is 37.7 Å². The fourth-order valence-corrected chi connectivity index (χ4v) is 7.10. The monoisotopic (exact) mass is 505 g/mol. The summed E-state index contributed by atoms with van der Waals surface area (Å²) in [6, 6.07) is 32.6. The number of fused-ring (bicyclic) bond motifs is 6. The van der Waals surface area contributed by atoms with E-state index in [0.717, 1.165) is 32.9 Å². The molecule has 0 aliphatic heterocycles. The standard InChI is InChI=1S/C36H27NO2/c38-35-28-16-8-9-17-31(28)37-32-19-18-23-12-4-5-15-27(23)33(32)36(39)30-21-24(20-29(35)34(30)37)26-14-7-6-13-25(26)22-10-2-1-3-11-22/h4-9,12-22H,1-3,10-11H2. The molecule has 1 aliphatic carbocycles. The predicted octanol–water partition coefficient (Wildman–Crippen LogP) is 8.43. The molecule has 2 aromatic heterocycles. The van der Waals surface area contributed by atoms with Gasteiger partial charge in [0.2, 0.25) is 0 Å². The molecule has 188 valence electrons. The third-order valence-electron chi connectivity index (χ3n) is 8.90. The van der Waals surface area contributed by atoms with Gasteiger partial charge >= 0.3 is 0 Å². The number of hydrogen-bond acceptors (Lipinski definition) is 2. The Morgan fingerprint density at radius 1 is 0.590 bits per heavy atom. The van der Waals surface area contributed by atoms with Crippen molar-refractivity contribution in [3.05, 3.63) is 123 Å². The van der Waals surface area contributed by atoms with Crippen LogP contribution in [0.2, 0.25) is 0 Å². The van der Waals surface area contributed by atoms with Gasteiger partial charge in [-0.05, 0) is 76.6 Å². The minimum atomic E-state index is -0.0212. The second-order valence-electron chi connectivity index (χ2n) is 11.0.